The van der Waals surface area contributed by atoms with E-state index in [0.29, 0.717) is 26.1 Å². The highest BCUT2D eigenvalue weighted by Gasteiger charge is 2.35. The molecule has 136 valence electrons. The molecule has 0 aromatic heterocycles. The number of carbonyl (C=O) groups is 2. The fourth-order valence-electron chi connectivity index (χ4n) is 3.04. The van der Waals surface area contributed by atoms with Crippen molar-refractivity contribution in [1.82, 2.24) is 9.80 Å². The van der Waals surface area contributed by atoms with Crippen LogP contribution in [-0.4, -0.2) is 83.9 Å². The number of rotatable bonds is 5. The van der Waals surface area contributed by atoms with Gasteiger partial charge in [-0.1, -0.05) is 6.07 Å². The lowest BCUT2D eigenvalue weighted by molar-refractivity contribution is -0.144. The third kappa shape index (κ3) is 4.02. The molecule has 2 saturated heterocycles. The summed E-state index contributed by atoms with van der Waals surface area (Å²) in [5.74, 6) is -1.47. The van der Waals surface area contributed by atoms with Gasteiger partial charge in [-0.15, -0.1) is 0 Å². The second kappa shape index (κ2) is 7.28. The molecule has 0 unspecified atom stereocenters. The van der Waals surface area contributed by atoms with Gasteiger partial charge in [-0.2, -0.15) is 0 Å². The van der Waals surface area contributed by atoms with E-state index in [9.17, 15) is 19.8 Å². The number of aromatic hydroxyl groups is 1. The predicted octanol–water partition coefficient (Wildman–Crippen LogP) is 0.401. The van der Waals surface area contributed by atoms with Gasteiger partial charge < -0.3 is 29.5 Å². The first kappa shape index (κ1) is 17.5. The quantitative estimate of drug-likeness (QED) is 0.793. The molecule has 0 spiro atoms. The summed E-state index contributed by atoms with van der Waals surface area (Å²) in [5.41, 5.74) is -0.258. The topological polar surface area (TPSA) is 99.5 Å². The van der Waals surface area contributed by atoms with Crippen molar-refractivity contribution in [3.8, 4) is 11.5 Å². The van der Waals surface area contributed by atoms with Crippen LogP contribution < -0.4 is 4.74 Å². The minimum atomic E-state index is -1.25. The smallest absolute Gasteiger partial charge is 0.343 e. The summed E-state index contributed by atoms with van der Waals surface area (Å²) in [7, 11) is 2.00. The monoisotopic (exact) mass is 350 g/mol. The number of ether oxygens (including phenoxy) is 2. The van der Waals surface area contributed by atoms with Crippen molar-refractivity contribution in [1.29, 1.82) is 0 Å². The largest absolute Gasteiger partial charge is 0.507 e. The van der Waals surface area contributed by atoms with Crippen LogP contribution in [0.15, 0.2) is 18.2 Å². The Labute approximate surface area is 145 Å². The molecule has 0 radical (unpaired) electrons. The van der Waals surface area contributed by atoms with Gasteiger partial charge in [-0.25, -0.2) is 4.79 Å². The van der Waals surface area contributed by atoms with Crippen molar-refractivity contribution in [3.05, 3.63) is 23.8 Å². The van der Waals surface area contributed by atoms with Crippen molar-refractivity contribution in [2.75, 3.05) is 39.8 Å². The number of benzene rings is 1. The summed E-state index contributed by atoms with van der Waals surface area (Å²) in [6.07, 6.45) is -0.0292. The van der Waals surface area contributed by atoms with Crippen molar-refractivity contribution in [2.24, 2.45) is 0 Å². The molecule has 2 aliphatic heterocycles. The van der Waals surface area contributed by atoms with Gasteiger partial charge in [0.05, 0.1) is 32.2 Å². The Kier molecular flexibility index (Phi) is 5.10. The minimum absolute atomic E-state index is 0.00881. The highest BCUT2D eigenvalue weighted by atomic mass is 16.5. The molecule has 0 aliphatic carbocycles. The third-order valence-electron chi connectivity index (χ3n) is 4.46. The second-order valence-electron chi connectivity index (χ2n) is 6.45. The Morgan fingerprint density at radius 1 is 1.32 bits per heavy atom. The molecular weight excluding hydrogens is 328 g/mol. The summed E-state index contributed by atoms with van der Waals surface area (Å²) in [6.45, 7) is 3.05. The zero-order valence-corrected chi connectivity index (χ0v) is 14.1. The van der Waals surface area contributed by atoms with Crippen LogP contribution in [0.4, 0.5) is 0 Å². The Morgan fingerprint density at radius 3 is 2.76 bits per heavy atom. The van der Waals surface area contributed by atoms with E-state index in [0.717, 1.165) is 13.1 Å². The van der Waals surface area contributed by atoms with E-state index in [4.69, 9.17) is 9.47 Å². The van der Waals surface area contributed by atoms with Crippen LogP contribution in [0.3, 0.4) is 0 Å². The van der Waals surface area contributed by atoms with Crippen LogP contribution in [0.1, 0.15) is 16.8 Å². The molecule has 1 aromatic rings. The molecule has 0 bridgehead atoms. The van der Waals surface area contributed by atoms with Crippen molar-refractivity contribution in [3.63, 3.8) is 0 Å². The van der Waals surface area contributed by atoms with Crippen LogP contribution in [0.25, 0.3) is 0 Å². The molecular formula is C17H22N2O6. The number of phenols is 1. The number of morpholine rings is 1. The van der Waals surface area contributed by atoms with Gasteiger partial charge in [0.2, 0.25) is 5.91 Å². The molecule has 0 saturated carbocycles. The lowest BCUT2D eigenvalue weighted by Gasteiger charge is -2.40. The maximum Gasteiger partial charge on any atom is 0.343 e. The highest BCUT2D eigenvalue weighted by Crippen LogP contribution is 2.29. The van der Waals surface area contributed by atoms with Gasteiger partial charge in [0.25, 0.3) is 0 Å². The first-order valence-corrected chi connectivity index (χ1v) is 8.24. The first-order chi connectivity index (χ1) is 11.9. The molecule has 2 N–H and O–H groups in total. The number of aromatic carboxylic acids is 1. The van der Waals surface area contributed by atoms with Crippen molar-refractivity contribution >= 4 is 11.9 Å². The maximum absolute atomic E-state index is 12.3. The number of likely N-dealkylation sites (N-methyl/N-ethyl adjacent to an activating group) is 1. The maximum atomic E-state index is 12.3. The number of amides is 1. The highest BCUT2D eigenvalue weighted by molar-refractivity contribution is 5.94. The molecule has 8 nitrogen and oxygen atoms in total. The zero-order valence-electron chi connectivity index (χ0n) is 14.1. The van der Waals surface area contributed by atoms with Crippen LogP contribution in [0.5, 0.6) is 11.5 Å². The molecule has 8 heteroatoms. The summed E-state index contributed by atoms with van der Waals surface area (Å²) in [5, 5.41) is 18.8. The Bertz CT molecular complexity index is 659. The fraction of sp³-hybridized carbons (Fsp3) is 0.529. The van der Waals surface area contributed by atoms with Gasteiger partial charge in [-0.05, 0) is 19.2 Å². The van der Waals surface area contributed by atoms with E-state index in [2.05, 4.69) is 4.90 Å². The van der Waals surface area contributed by atoms with Gasteiger partial charge in [-0.3, -0.25) is 4.79 Å². The third-order valence-corrected chi connectivity index (χ3v) is 4.46. The number of hydrogen-bond donors (Lipinski definition) is 2. The van der Waals surface area contributed by atoms with Gasteiger partial charge in [0, 0.05) is 13.1 Å². The summed E-state index contributed by atoms with van der Waals surface area (Å²) >= 11 is 0. The normalized spacial score (nSPS) is 21.6. The van der Waals surface area contributed by atoms with E-state index < -0.39 is 5.97 Å². The summed E-state index contributed by atoms with van der Waals surface area (Å²) in [4.78, 5) is 27.3. The molecule has 2 aliphatic rings. The lowest BCUT2D eigenvalue weighted by atomic mass is 10.1. The average Bonchev–Trinajstić information content (AvgIpc) is 2.49. The van der Waals surface area contributed by atoms with Gasteiger partial charge in [0.1, 0.15) is 23.2 Å². The standard InChI is InChI=1S/C17H22N2O6/c1-18-5-6-24-11(8-18)7-15(21)19-9-12(10-19)25-14-4-2-3-13(20)16(14)17(22)23/h2-4,11-12,20H,5-10H2,1H3,(H,22,23)/t11-/m0/s1. The molecule has 2 heterocycles. The number of hydrogen-bond acceptors (Lipinski definition) is 6. The Morgan fingerprint density at radius 2 is 2.08 bits per heavy atom. The second-order valence-corrected chi connectivity index (χ2v) is 6.45. The minimum Gasteiger partial charge on any atom is -0.507 e. The molecule has 1 aromatic carbocycles. The van der Waals surface area contributed by atoms with Crippen molar-refractivity contribution in [2.45, 2.75) is 18.6 Å². The van der Waals surface area contributed by atoms with Gasteiger partial charge >= 0.3 is 5.97 Å². The SMILES string of the molecule is CN1CCO[C@@H](CC(=O)N2CC(Oc3cccc(O)c3C(=O)O)C2)C1. The number of carboxylic acid groups (broad SMARTS) is 1. The van der Waals surface area contributed by atoms with E-state index >= 15 is 0 Å². The number of carbonyl (C=O) groups excluding carboxylic acids is 1. The van der Waals surface area contributed by atoms with Crippen molar-refractivity contribution < 1.29 is 29.3 Å². The summed E-state index contributed by atoms with van der Waals surface area (Å²) in [6, 6.07) is 4.32. The fourth-order valence-corrected chi connectivity index (χ4v) is 3.04. The first-order valence-electron chi connectivity index (χ1n) is 8.24. The molecule has 2 fully saturated rings. The lowest BCUT2D eigenvalue weighted by Crippen LogP contribution is -2.57. The number of likely N-dealkylation sites (tertiary alicyclic amines) is 1. The van der Waals surface area contributed by atoms with Gasteiger partial charge in [0.15, 0.2) is 0 Å². The average molecular weight is 350 g/mol. The molecule has 25 heavy (non-hydrogen) atoms. The number of nitrogens with zero attached hydrogens (tertiary/aromatic N) is 2. The zero-order chi connectivity index (χ0) is 18.0. The van der Waals surface area contributed by atoms with E-state index in [-0.39, 0.29) is 35.2 Å². The Hall–Kier alpha value is -2.32. The molecule has 1 atom stereocenters. The van der Waals surface area contributed by atoms with E-state index in [1.807, 2.05) is 7.05 Å². The van der Waals surface area contributed by atoms with E-state index in [1.165, 1.54) is 18.2 Å². The van der Waals surface area contributed by atoms with Crippen LogP contribution >= 0.6 is 0 Å². The summed E-state index contributed by atoms with van der Waals surface area (Å²) < 4.78 is 11.2. The molecule has 1 amide bonds. The number of carboxylic acids is 1. The van der Waals surface area contributed by atoms with Crippen LogP contribution in [0.2, 0.25) is 0 Å². The van der Waals surface area contributed by atoms with Crippen LogP contribution in [-0.2, 0) is 9.53 Å². The predicted molar refractivity (Wildman–Crippen MR) is 87.9 cm³/mol. The van der Waals surface area contributed by atoms with Crippen LogP contribution in [0, 0.1) is 0 Å². The Balaban J connectivity index is 1.51. The molecule has 3 rings (SSSR count). The van der Waals surface area contributed by atoms with E-state index in [1.54, 1.807) is 4.90 Å².